The van der Waals surface area contributed by atoms with Crippen LogP contribution in [0.1, 0.15) is 101 Å². The summed E-state index contributed by atoms with van der Waals surface area (Å²) in [5.74, 6) is 0.403. The minimum atomic E-state index is -0.710. The van der Waals surface area contributed by atoms with E-state index in [1.54, 1.807) is 38.1 Å². The number of hydrogen-bond acceptors (Lipinski definition) is 14. The highest BCUT2D eigenvalue weighted by molar-refractivity contribution is 7.17. The van der Waals surface area contributed by atoms with Crippen LogP contribution in [0.5, 0.6) is 0 Å². The summed E-state index contributed by atoms with van der Waals surface area (Å²) >= 11 is 15.0. The van der Waals surface area contributed by atoms with Gasteiger partial charge in [0.2, 0.25) is 0 Å². The van der Waals surface area contributed by atoms with Gasteiger partial charge in [-0.15, -0.1) is 43.1 Å². The van der Waals surface area contributed by atoms with Gasteiger partial charge in [-0.3, -0.25) is 38.3 Å². The molecule has 6 heterocycles. The van der Waals surface area contributed by atoms with Gasteiger partial charge in [0.15, 0.2) is 11.6 Å². The van der Waals surface area contributed by atoms with Crippen molar-refractivity contribution in [2.45, 2.75) is 52.6 Å². The second-order valence-electron chi connectivity index (χ2n) is 14.4. The second-order valence-corrected chi connectivity index (χ2v) is 17.3. The number of aromatic nitrogens is 6. The third-order valence-corrected chi connectivity index (χ3v) is 13.6. The molecule has 0 radical (unpaired) electrons. The van der Waals surface area contributed by atoms with Gasteiger partial charge in [-0.25, -0.2) is 0 Å². The Morgan fingerprint density at radius 2 is 0.984 bits per heavy atom. The predicted octanol–water partition coefficient (Wildman–Crippen LogP) is 6.58. The number of methoxy groups -OCH3 is 2. The van der Waals surface area contributed by atoms with Crippen LogP contribution in [0.3, 0.4) is 0 Å². The van der Waals surface area contributed by atoms with Gasteiger partial charge in [-0.2, -0.15) is 0 Å². The maximum absolute atomic E-state index is 14.0. The molecule has 0 fully saturated rings. The normalized spacial score (nSPS) is 15.2. The number of esters is 2. The van der Waals surface area contributed by atoms with Crippen LogP contribution in [0, 0.1) is 27.7 Å². The highest BCUT2D eigenvalue weighted by Crippen LogP contribution is 2.42. The van der Waals surface area contributed by atoms with Crippen LogP contribution >= 0.6 is 45.9 Å². The Labute approximate surface area is 373 Å². The maximum Gasteiger partial charge on any atom is 0.308 e. The van der Waals surface area contributed by atoms with Crippen molar-refractivity contribution in [1.29, 1.82) is 0 Å². The van der Waals surface area contributed by atoms with Gasteiger partial charge in [-0.1, -0.05) is 47.5 Å². The zero-order valence-electron chi connectivity index (χ0n) is 34.2. The van der Waals surface area contributed by atoms with Crippen molar-refractivity contribution in [2.75, 3.05) is 27.3 Å². The molecule has 2 aliphatic rings. The first-order chi connectivity index (χ1) is 29.8. The number of fused-ring (bicyclic) bond motifs is 6. The van der Waals surface area contributed by atoms with Gasteiger partial charge >= 0.3 is 11.9 Å². The summed E-state index contributed by atoms with van der Waals surface area (Å²) in [6.07, 6.45) is -0.134. The molecule has 0 spiro atoms. The fourth-order valence-electron chi connectivity index (χ4n) is 7.47. The van der Waals surface area contributed by atoms with Crippen molar-refractivity contribution in [3.8, 4) is 10.0 Å². The largest absolute Gasteiger partial charge is 0.469 e. The van der Waals surface area contributed by atoms with E-state index in [4.69, 9.17) is 42.7 Å². The number of nitrogens with zero attached hydrogens (tertiary/aromatic N) is 8. The first kappa shape index (κ1) is 42.6. The van der Waals surface area contributed by atoms with E-state index in [9.17, 15) is 19.2 Å². The van der Waals surface area contributed by atoms with Crippen molar-refractivity contribution >= 4 is 81.1 Å². The molecule has 16 nitrogen and oxygen atoms in total. The molecule has 6 aromatic rings. The predicted molar refractivity (Wildman–Crippen MR) is 235 cm³/mol. The van der Waals surface area contributed by atoms with Gasteiger partial charge in [0.25, 0.3) is 11.8 Å². The van der Waals surface area contributed by atoms with E-state index in [2.05, 4.69) is 31.0 Å². The van der Waals surface area contributed by atoms with Crippen molar-refractivity contribution < 1.29 is 28.7 Å². The molecule has 8 rings (SSSR count). The fraction of sp³-hybridized carbons (Fsp3) is 0.286. The van der Waals surface area contributed by atoms with E-state index >= 15 is 0 Å². The maximum atomic E-state index is 14.0. The molecule has 2 aromatic carbocycles. The van der Waals surface area contributed by atoms with Gasteiger partial charge in [0.1, 0.15) is 33.7 Å². The standard InChI is InChI=1S/C42H38Cl2N10O6S2/c1-19-31-33(23-7-11-25(43)12-8-23)47-27(17-29(55)59-5)37-51-49-21(3)53(37)41(31)61-35(19)39(57)45-15-16-46-40(58)36-20(2)32-34(24-9-13-26(44)14-10-24)48-28(18-30(56)60-6)38-52-50-22(4)54(38)42(32)62-36/h7-14,27-28H,15-18H2,1-6H3,(H,45,57)(H,46,58). The van der Waals surface area contributed by atoms with Crippen LogP contribution in [0.25, 0.3) is 10.0 Å². The number of aliphatic imine (C=N–C) groups is 2. The first-order valence-electron chi connectivity index (χ1n) is 19.3. The zero-order chi connectivity index (χ0) is 44.0. The highest BCUT2D eigenvalue weighted by atomic mass is 35.5. The number of rotatable bonds is 11. The van der Waals surface area contributed by atoms with E-state index < -0.39 is 24.0 Å². The fourth-order valence-corrected chi connectivity index (χ4v) is 10.3. The SMILES string of the molecule is COC(=O)CC1N=C(c2ccc(Cl)cc2)c2c(sc(C(=O)NCCNC(=O)c3sc4c(c3C)C(c3ccc(Cl)cc3)=NC(CC(=O)OC)c3nnc(C)n3-4)c2C)-n2c(C)nnc21. The van der Waals surface area contributed by atoms with Crippen LogP contribution in [0.2, 0.25) is 10.0 Å². The van der Waals surface area contributed by atoms with Crippen LogP contribution in [-0.2, 0) is 19.1 Å². The number of halogens is 2. The molecule has 318 valence electrons. The topological polar surface area (TPSA) is 197 Å². The third-order valence-electron chi connectivity index (χ3n) is 10.5. The van der Waals surface area contributed by atoms with Crippen LogP contribution in [-0.4, -0.2) is 92.0 Å². The molecule has 0 bridgehead atoms. The summed E-state index contributed by atoms with van der Waals surface area (Å²) in [6, 6.07) is 13.0. The number of nitrogens with one attached hydrogen (secondary N) is 2. The summed E-state index contributed by atoms with van der Waals surface area (Å²) in [5, 5.41) is 25.8. The number of hydrogen-bond donors (Lipinski definition) is 2. The molecule has 20 heteroatoms. The Morgan fingerprint density at radius 1 is 0.613 bits per heavy atom. The number of amides is 2. The number of carbonyl (C=O) groups is 4. The van der Waals surface area contributed by atoms with Crippen molar-refractivity contribution in [3.05, 3.63) is 125 Å². The molecule has 0 saturated carbocycles. The summed E-state index contributed by atoms with van der Waals surface area (Å²) in [5.41, 5.74) is 5.35. The van der Waals surface area contributed by atoms with E-state index in [1.165, 1.54) is 36.9 Å². The lowest BCUT2D eigenvalue weighted by Gasteiger charge is -2.12. The van der Waals surface area contributed by atoms with Gasteiger partial charge in [-0.05, 0) is 63.1 Å². The minimum Gasteiger partial charge on any atom is -0.469 e. The summed E-state index contributed by atoms with van der Waals surface area (Å²) in [7, 11) is 2.64. The average Bonchev–Trinajstić information content (AvgIpc) is 3.98. The molecule has 62 heavy (non-hydrogen) atoms. The van der Waals surface area contributed by atoms with Crippen molar-refractivity contribution in [2.24, 2.45) is 9.98 Å². The molecule has 0 saturated heterocycles. The lowest BCUT2D eigenvalue weighted by atomic mass is 9.99. The zero-order valence-corrected chi connectivity index (χ0v) is 37.3. The monoisotopic (exact) mass is 912 g/mol. The molecule has 0 aliphatic carbocycles. The molecule has 2 atom stereocenters. The summed E-state index contributed by atoms with van der Waals surface area (Å²) < 4.78 is 13.7. The van der Waals surface area contributed by atoms with Crippen LogP contribution in [0.15, 0.2) is 58.5 Å². The number of ether oxygens (including phenoxy) is 2. The third kappa shape index (κ3) is 7.82. The Morgan fingerprint density at radius 3 is 1.34 bits per heavy atom. The van der Waals surface area contributed by atoms with Crippen molar-refractivity contribution in [1.82, 2.24) is 40.2 Å². The number of benzene rings is 2. The summed E-state index contributed by atoms with van der Waals surface area (Å²) in [6.45, 7) is 7.54. The number of aryl methyl sites for hydroxylation is 2. The van der Waals surface area contributed by atoms with Gasteiger partial charge < -0.3 is 20.1 Å². The Hall–Kier alpha value is -6.08. The first-order valence-corrected chi connectivity index (χ1v) is 21.7. The molecule has 2 N–H and O–H groups in total. The number of carbonyl (C=O) groups excluding carboxylic acids is 4. The average molecular weight is 914 g/mol. The molecule has 4 aromatic heterocycles. The highest BCUT2D eigenvalue weighted by Gasteiger charge is 2.36. The molecule has 2 unspecified atom stereocenters. The minimum absolute atomic E-state index is 0.0670. The second kappa shape index (κ2) is 17.4. The quantitative estimate of drug-likeness (QED) is 0.106. The van der Waals surface area contributed by atoms with E-state index in [1.807, 2.05) is 47.2 Å². The molecular formula is C42H38Cl2N10O6S2. The van der Waals surface area contributed by atoms with Gasteiger partial charge in [0.05, 0.1) is 48.2 Å². The lowest BCUT2D eigenvalue weighted by Crippen LogP contribution is -2.34. The van der Waals surface area contributed by atoms with Crippen LogP contribution in [0.4, 0.5) is 0 Å². The van der Waals surface area contributed by atoms with E-state index in [-0.39, 0.29) is 37.7 Å². The Balaban J connectivity index is 1.06. The van der Waals surface area contributed by atoms with Crippen molar-refractivity contribution in [3.63, 3.8) is 0 Å². The molecular weight excluding hydrogens is 876 g/mol. The van der Waals surface area contributed by atoms with E-state index in [0.29, 0.717) is 86.8 Å². The van der Waals surface area contributed by atoms with E-state index in [0.717, 1.165) is 11.1 Å². The van der Waals surface area contributed by atoms with Gasteiger partial charge in [0, 0.05) is 45.4 Å². The Bertz CT molecular complexity index is 2650. The number of thiophene rings is 2. The summed E-state index contributed by atoms with van der Waals surface area (Å²) in [4.78, 5) is 64.0. The smallest absolute Gasteiger partial charge is 0.308 e. The van der Waals surface area contributed by atoms with Crippen LogP contribution < -0.4 is 10.6 Å². The molecule has 2 amide bonds. The molecule has 2 aliphatic heterocycles. The Kier molecular flexibility index (Phi) is 11.9. The lowest BCUT2D eigenvalue weighted by molar-refractivity contribution is -0.142.